The first kappa shape index (κ1) is 17.4. The highest BCUT2D eigenvalue weighted by atomic mass is 16.4. The lowest BCUT2D eigenvalue weighted by Crippen LogP contribution is -2.54. The first-order valence-electron chi connectivity index (χ1n) is 5.10. The molecular weight excluding hydrogens is 252 g/mol. The summed E-state index contributed by atoms with van der Waals surface area (Å²) >= 11 is 0. The molecule has 0 radical (unpaired) electrons. The van der Waals surface area contributed by atoms with Crippen LogP contribution in [0.25, 0.3) is 0 Å². The van der Waals surface area contributed by atoms with Gasteiger partial charge in [-0.25, -0.2) is 0 Å². The van der Waals surface area contributed by atoms with E-state index in [2.05, 4.69) is 0 Å². The predicted octanol–water partition coefficient (Wildman–Crippen LogP) is -5.29. The molecule has 0 aliphatic carbocycles. The summed E-state index contributed by atoms with van der Waals surface area (Å²) in [4.78, 5) is 10.8. The highest BCUT2D eigenvalue weighted by molar-refractivity contribution is 5.84. The van der Waals surface area contributed by atoms with Crippen LogP contribution in [0.15, 0.2) is 0 Å². The molecule has 9 nitrogen and oxygen atoms in total. The average Bonchev–Trinajstić information content (AvgIpc) is 2.40. The normalized spacial score (nSPS) is 21.8. The molecule has 8 N–H and O–H groups in total. The Bertz CT molecular complexity index is 258. The van der Waals surface area contributed by atoms with Gasteiger partial charge < -0.3 is 40.9 Å². The number of carbonyl (C=O) groups excluding carboxylic acids is 1. The Morgan fingerprint density at radius 2 is 1.22 bits per heavy atom. The zero-order valence-corrected chi connectivity index (χ0v) is 9.36. The Kier molecular flexibility index (Phi) is 7.43. The minimum Gasteiger partial charge on any atom is -0.394 e. The molecule has 0 aromatic heterocycles. The van der Waals surface area contributed by atoms with Gasteiger partial charge in [-0.05, 0) is 0 Å². The molecule has 0 spiro atoms. The summed E-state index contributed by atoms with van der Waals surface area (Å²) < 4.78 is 0. The molecule has 0 aliphatic rings. The summed E-state index contributed by atoms with van der Waals surface area (Å²) in [6.45, 7) is -1.98. The van der Waals surface area contributed by atoms with Crippen LogP contribution in [0, 0.1) is 0 Å². The van der Waals surface area contributed by atoms with E-state index in [1.165, 1.54) is 0 Å². The lowest BCUT2D eigenvalue weighted by Gasteiger charge is -2.29. The maximum absolute atomic E-state index is 10.8. The van der Waals surface area contributed by atoms with Gasteiger partial charge in [-0.1, -0.05) is 0 Å². The van der Waals surface area contributed by atoms with E-state index in [0.717, 1.165) is 0 Å². The number of carbonyl (C=O) groups is 1. The molecule has 0 aromatic rings. The Labute approximate surface area is 102 Å². The van der Waals surface area contributed by atoms with Crippen LogP contribution >= 0.6 is 0 Å². The number of rotatable bonds is 8. The Hall–Kier alpha value is -0.650. The summed E-state index contributed by atoms with van der Waals surface area (Å²) in [5.74, 6) is -1.19. The van der Waals surface area contributed by atoms with Gasteiger partial charge in [-0.15, -0.1) is 0 Å². The van der Waals surface area contributed by atoms with Gasteiger partial charge in [0, 0.05) is 0 Å². The van der Waals surface area contributed by atoms with Gasteiger partial charge >= 0.3 is 0 Å². The number of aliphatic hydroxyl groups excluding tert-OH is 8. The summed E-state index contributed by atoms with van der Waals surface area (Å²) in [6.07, 6.45) is -12.4. The molecule has 0 aliphatic heterocycles. The number of hydrogen-bond acceptors (Lipinski definition) is 9. The zero-order valence-electron chi connectivity index (χ0n) is 9.36. The monoisotopic (exact) mass is 270 g/mol. The second-order valence-corrected chi connectivity index (χ2v) is 3.78. The molecule has 6 atom stereocenters. The van der Waals surface area contributed by atoms with Crippen LogP contribution in [-0.4, -0.2) is 96.5 Å². The van der Waals surface area contributed by atoms with Crippen LogP contribution in [-0.2, 0) is 4.79 Å². The highest BCUT2D eigenvalue weighted by Crippen LogP contribution is 2.11. The first-order valence-corrected chi connectivity index (χ1v) is 5.10. The van der Waals surface area contributed by atoms with E-state index < -0.39 is 55.6 Å². The smallest absolute Gasteiger partial charge is 0.189 e. The van der Waals surface area contributed by atoms with Crippen molar-refractivity contribution in [3.63, 3.8) is 0 Å². The van der Waals surface area contributed by atoms with Crippen molar-refractivity contribution in [3.8, 4) is 0 Å². The largest absolute Gasteiger partial charge is 0.394 e. The lowest BCUT2D eigenvalue weighted by molar-refractivity contribution is -0.165. The summed E-state index contributed by atoms with van der Waals surface area (Å²) in [5.41, 5.74) is 0. The van der Waals surface area contributed by atoms with Crippen molar-refractivity contribution < 1.29 is 45.6 Å². The Morgan fingerprint density at radius 3 is 1.61 bits per heavy atom. The fraction of sp³-hybridized carbons (Fsp3) is 0.889. The van der Waals surface area contributed by atoms with Gasteiger partial charge in [0.15, 0.2) is 5.78 Å². The van der Waals surface area contributed by atoms with Crippen LogP contribution in [0.5, 0.6) is 0 Å². The van der Waals surface area contributed by atoms with Crippen molar-refractivity contribution in [1.29, 1.82) is 0 Å². The van der Waals surface area contributed by atoms with Crippen molar-refractivity contribution in [2.75, 3.05) is 13.2 Å². The first-order chi connectivity index (χ1) is 8.27. The number of ketones is 1. The number of Topliss-reactive ketones (excluding diaryl/α,β-unsaturated/α-hetero) is 1. The quantitative estimate of drug-likeness (QED) is 0.214. The molecule has 0 rings (SSSR count). The Balaban J connectivity index is 4.62. The number of hydrogen-bond donors (Lipinski definition) is 8. The minimum atomic E-state index is -2.17. The number of aliphatic hydroxyl groups is 8. The molecule has 0 saturated heterocycles. The van der Waals surface area contributed by atoms with E-state index >= 15 is 0 Å². The molecule has 0 amide bonds. The second-order valence-electron chi connectivity index (χ2n) is 3.78. The van der Waals surface area contributed by atoms with Gasteiger partial charge in [-0.3, -0.25) is 4.79 Å². The second kappa shape index (κ2) is 7.71. The molecule has 0 saturated carbocycles. The van der Waals surface area contributed by atoms with Gasteiger partial charge in [0.2, 0.25) is 0 Å². The van der Waals surface area contributed by atoms with Gasteiger partial charge in [-0.2, -0.15) is 0 Å². The van der Waals surface area contributed by atoms with Gasteiger partial charge in [0.05, 0.1) is 6.61 Å². The summed E-state index contributed by atoms with van der Waals surface area (Å²) in [7, 11) is 0. The van der Waals surface area contributed by atoms with Crippen LogP contribution in [0.2, 0.25) is 0 Å². The van der Waals surface area contributed by atoms with E-state index in [4.69, 9.17) is 20.4 Å². The molecule has 0 bridgehead atoms. The highest BCUT2D eigenvalue weighted by Gasteiger charge is 2.38. The van der Waals surface area contributed by atoms with Crippen LogP contribution in [0.4, 0.5) is 0 Å². The molecule has 0 fully saturated rings. The third-order valence-electron chi connectivity index (χ3n) is 2.44. The van der Waals surface area contributed by atoms with E-state index in [0.29, 0.717) is 0 Å². The molecule has 9 heteroatoms. The zero-order chi connectivity index (χ0) is 14.5. The van der Waals surface area contributed by atoms with Crippen molar-refractivity contribution in [1.82, 2.24) is 0 Å². The fourth-order valence-electron chi connectivity index (χ4n) is 1.21. The molecular formula is C9H18O9. The van der Waals surface area contributed by atoms with E-state index in [-0.39, 0.29) is 0 Å². The fourth-order valence-corrected chi connectivity index (χ4v) is 1.21. The molecule has 108 valence electrons. The van der Waals surface area contributed by atoms with E-state index in [1.807, 2.05) is 0 Å². The van der Waals surface area contributed by atoms with Gasteiger partial charge in [0.1, 0.15) is 43.2 Å². The van der Waals surface area contributed by atoms with Gasteiger partial charge in [0.25, 0.3) is 0 Å². The molecule has 0 heterocycles. The third-order valence-corrected chi connectivity index (χ3v) is 2.44. The van der Waals surface area contributed by atoms with Crippen LogP contribution in [0.3, 0.4) is 0 Å². The van der Waals surface area contributed by atoms with Crippen molar-refractivity contribution in [2.24, 2.45) is 0 Å². The standard InChI is InChI=1S/C9H18O9/c10-1-3(12)5(14)7(16)9(18)8(17)6(15)4(13)2-11/h3,5-12,14-18H,1-2H2/t3-,5-,6+,7+,8-,9-/m1/s1. The third kappa shape index (κ3) is 4.23. The predicted molar refractivity (Wildman–Crippen MR) is 55.2 cm³/mol. The van der Waals surface area contributed by atoms with Crippen molar-refractivity contribution in [3.05, 3.63) is 0 Å². The van der Waals surface area contributed by atoms with Crippen LogP contribution < -0.4 is 0 Å². The van der Waals surface area contributed by atoms with E-state index in [1.54, 1.807) is 0 Å². The maximum Gasteiger partial charge on any atom is 0.189 e. The van der Waals surface area contributed by atoms with Crippen molar-refractivity contribution >= 4 is 5.78 Å². The SMILES string of the molecule is O=C(CO)[C@H](O)[C@@H](O)[C@H](O)[C@@H](O)[C@H](O)[C@H](O)CO. The van der Waals surface area contributed by atoms with E-state index in [9.17, 15) is 25.2 Å². The molecule has 0 unspecified atom stereocenters. The lowest BCUT2D eigenvalue weighted by atomic mass is 9.95. The van der Waals surface area contributed by atoms with Crippen LogP contribution in [0.1, 0.15) is 0 Å². The maximum atomic E-state index is 10.8. The Morgan fingerprint density at radius 1 is 0.778 bits per heavy atom. The average molecular weight is 270 g/mol. The van der Waals surface area contributed by atoms with Crippen molar-refractivity contribution in [2.45, 2.75) is 36.6 Å². The molecule has 18 heavy (non-hydrogen) atoms. The molecule has 0 aromatic carbocycles. The minimum absolute atomic E-state index is 0.904. The summed E-state index contributed by atoms with van der Waals surface area (Å²) in [6, 6.07) is 0. The summed E-state index contributed by atoms with van der Waals surface area (Å²) in [5, 5.41) is 72.4. The topological polar surface area (TPSA) is 179 Å².